The van der Waals surface area contributed by atoms with Gasteiger partial charge in [0.25, 0.3) is 5.56 Å². The van der Waals surface area contributed by atoms with Gasteiger partial charge in [-0.15, -0.1) is 0 Å². The Morgan fingerprint density at radius 3 is 2.64 bits per heavy atom. The van der Waals surface area contributed by atoms with Crippen LogP contribution in [0.25, 0.3) is 0 Å². The van der Waals surface area contributed by atoms with Gasteiger partial charge < -0.3 is 23.6 Å². The number of fused-ring (bicyclic) bond motifs is 1. The van der Waals surface area contributed by atoms with Gasteiger partial charge >= 0.3 is 5.97 Å². The normalized spacial score (nSPS) is 14.6. The first kappa shape index (κ1) is 20.2. The molecule has 0 saturated heterocycles. The molecule has 1 aliphatic rings. The van der Waals surface area contributed by atoms with Gasteiger partial charge in [-0.1, -0.05) is 0 Å². The Kier molecular flexibility index (Phi) is 6.21. The molecule has 0 atom stereocenters. The number of ether oxygens (including phenoxy) is 2. The van der Waals surface area contributed by atoms with Crippen LogP contribution in [0.2, 0.25) is 0 Å². The first-order valence-electron chi connectivity index (χ1n) is 9.35. The Morgan fingerprint density at radius 2 is 2.00 bits per heavy atom. The van der Waals surface area contributed by atoms with E-state index in [9.17, 15) is 9.59 Å². The molecule has 0 aliphatic carbocycles. The fourth-order valence-corrected chi connectivity index (χ4v) is 3.43. The Bertz CT molecular complexity index is 899. The SMILES string of the molecule is COC(=O)c1c(OC(C)C)cc(=O)n2c1CCN(Cc1ccc(CO)o1)CC2. The molecule has 8 heteroatoms. The minimum atomic E-state index is -0.508. The molecular formula is C20H26N2O6. The molecule has 2 aromatic heterocycles. The van der Waals surface area contributed by atoms with Gasteiger partial charge in [-0.25, -0.2) is 4.79 Å². The van der Waals surface area contributed by atoms with E-state index in [1.54, 1.807) is 10.6 Å². The topological polar surface area (TPSA) is 94.1 Å². The molecule has 0 fully saturated rings. The van der Waals surface area contributed by atoms with Crippen molar-refractivity contribution in [1.82, 2.24) is 9.47 Å². The van der Waals surface area contributed by atoms with Crippen LogP contribution in [0, 0.1) is 0 Å². The summed E-state index contributed by atoms with van der Waals surface area (Å²) in [6.07, 6.45) is 0.329. The summed E-state index contributed by atoms with van der Waals surface area (Å²) in [6.45, 7) is 5.84. The number of pyridine rings is 1. The first-order valence-corrected chi connectivity index (χ1v) is 9.35. The van der Waals surface area contributed by atoms with Crippen molar-refractivity contribution < 1.29 is 23.8 Å². The Balaban J connectivity index is 1.89. The molecule has 1 N–H and O–H groups in total. The molecule has 0 saturated carbocycles. The molecule has 3 heterocycles. The maximum absolute atomic E-state index is 12.7. The van der Waals surface area contributed by atoms with E-state index in [1.165, 1.54) is 13.2 Å². The molecule has 0 bridgehead atoms. The first-order chi connectivity index (χ1) is 13.4. The third-order valence-corrected chi connectivity index (χ3v) is 4.69. The van der Waals surface area contributed by atoms with E-state index < -0.39 is 5.97 Å². The van der Waals surface area contributed by atoms with Crippen molar-refractivity contribution in [2.75, 3.05) is 20.2 Å². The largest absolute Gasteiger partial charge is 0.490 e. The van der Waals surface area contributed by atoms with Crippen molar-refractivity contribution in [3.8, 4) is 5.75 Å². The third-order valence-electron chi connectivity index (χ3n) is 4.69. The van der Waals surface area contributed by atoms with Crippen LogP contribution in [0.15, 0.2) is 27.4 Å². The molecule has 0 radical (unpaired) electrons. The summed E-state index contributed by atoms with van der Waals surface area (Å²) in [5.74, 6) is 1.03. The summed E-state index contributed by atoms with van der Waals surface area (Å²) in [6, 6.07) is 4.95. The lowest BCUT2D eigenvalue weighted by atomic mass is 10.1. The highest BCUT2D eigenvalue weighted by molar-refractivity contribution is 5.93. The van der Waals surface area contributed by atoms with Crippen LogP contribution in [0.4, 0.5) is 0 Å². The summed E-state index contributed by atoms with van der Waals surface area (Å²) >= 11 is 0. The van der Waals surface area contributed by atoms with Gasteiger partial charge in [0.05, 0.1) is 19.8 Å². The average molecular weight is 390 g/mol. The lowest BCUT2D eigenvalue weighted by molar-refractivity contribution is 0.0591. The zero-order valence-electron chi connectivity index (χ0n) is 16.4. The van der Waals surface area contributed by atoms with Gasteiger partial charge in [-0.2, -0.15) is 0 Å². The van der Waals surface area contributed by atoms with Crippen LogP contribution < -0.4 is 10.3 Å². The molecule has 0 spiro atoms. The predicted octanol–water partition coefficient (Wildman–Crippen LogP) is 1.57. The van der Waals surface area contributed by atoms with Crippen LogP contribution >= 0.6 is 0 Å². The number of aliphatic hydroxyl groups is 1. The number of aromatic nitrogens is 1. The number of carbonyl (C=O) groups excluding carboxylic acids is 1. The van der Waals surface area contributed by atoms with Crippen LogP contribution in [-0.4, -0.2) is 46.8 Å². The van der Waals surface area contributed by atoms with Gasteiger partial charge in [0.2, 0.25) is 0 Å². The predicted molar refractivity (Wildman–Crippen MR) is 101 cm³/mol. The van der Waals surface area contributed by atoms with Gasteiger partial charge in [-0.05, 0) is 26.0 Å². The summed E-state index contributed by atoms with van der Waals surface area (Å²) in [5.41, 5.74) is 0.756. The minimum absolute atomic E-state index is 0.137. The third kappa shape index (κ3) is 4.28. The van der Waals surface area contributed by atoms with E-state index in [-0.39, 0.29) is 24.0 Å². The fraction of sp³-hybridized carbons (Fsp3) is 0.500. The number of hydrogen-bond acceptors (Lipinski definition) is 7. The zero-order chi connectivity index (χ0) is 20.3. The van der Waals surface area contributed by atoms with E-state index in [1.807, 2.05) is 19.9 Å². The molecule has 0 aromatic carbocycles. The van der Waals surface area contributed by atoms with Crippen molar-refractivity contribution >= 4 is 5.97 Å². The monoisotopic (exact) mass is 390 g/mol. The van der Waals surface area contributed by atoms with Crippen molar-refractivity contribution in [2.45, 2.75) is 46.1 Å². The summed E-state index contributed by atoms with van der Waals surface area (Å²) in [7, 11) is 1.32. The molecule has 2 aromatic rings. The van der Waals surface area contributed by atoms with E-state index >= 15 is 0 Å². The maximum atomic E-state index is 12.7. The molecule has 152 valence electrons. The van der Waals surface area contributed by atoms with Crippen LogP contribution in [-0.2, 0) is 30.9 Å². The second kappa shape index (κ2) is 8.62. The molecule has 3 rings (SSSR count). The number of aliphatic hydroxyl groups excluding tert-OH is 1. The van der Waals surface area contributed by atoms with E-state index in [2.05, 4.69) is 4.90 Å². The molecular weight excluding hydrogens is 364 g/mol. The Morgan fingerprint density at radius 1 is 1.25 bits per heavy atom. The van der Waals surface area contributed by atoms with E-state index in [0.717, 1.165) is 5.76 Å². The number of esters is 1. The lowest BCUT2D eigenvalue weighted by Gasteiger charge is -2.18. The van der Waals surface area contributed by atoms with Crippen LogP contribution in [0.1, 0.15) is 41.4 Å². The molecule has 8 nitrogen and oxygen atoms in total. The molecule has 0 unspecified atom stereocenters. The number of rotatable bonds is 6. The van der Waals surface area contributed by atoms with Crippen LogP contribution in [0.5, 0.6) is 5.75 Å². The van der Waals surface area contributed by atoms with Gasteiger partial charge in [0.1, 0.15) is 29.4 Å². The molecule has 0 amide bonds. The van der Waals surface area contributed by atoms with Crippen LogP contribution in [0.3, 0.4) is 0 Å². The van der Waals surface area contributed by atoms with Gasteiger partial charge in [0, 0.05) is 37.8 Å². The van der Waals surface area contributed by atoms with Gasteiger partial charge in [0.15, 0.2) is 0 Å². The molecule has 28 heavy (non-hydrogen) atoms. The Labute approximate surface area is 163 Å². The molecule has 1 aliphatic heterocycles. The zero-order valence-corrected chi connectivity index (χ0v) is 16.4. The highest BCUT2D eigenvalue weighted by Gasteiger charge is 2.26. The summed E-state index contributed by atoms with van der Waals surface area (Å²) < 4.78 is 17.9. The number of furan rings is 1. The van der Waals surface area contributed by atoms with Crippen molar-refractivity contribution in [2.24, 2.45) is 0 Å². The average Bonchev–Trinajstić information content (AvgIpc) is 3.01. The second-order valence-electron chi connectivity index (χ2n) is 7.03. The summed E-state index contributed by atoms with van der Waals surface area (Å²) in [4.78, 5) is 27.3. The fourth-order valence-electron chi connectivity index (χ4n) is 3.43. The summed E-state index contributed by atoms with van der Waals surface area (Å²) in [5, 5.41) is 9.14. The Hall–Kier alpha value is -2.58. The van der Waals surface area contributed by atoms with Gasteiger partial charge in [-0.3, -0.25) is 9.69 Å². The van der Waals surface area contributed by atoms with Crippen molar-refractivity contribution in [3.05, 3.63) is 51.3 Å². The quantitative estimate of drug-likeness (QED) is 0.748. The van der Waals surface area contributed by atoms with E-state index in [0.29, 0.717) is 49.6 Å². The highest BCUT2D eigenvalue weighted by atomic mass is 16.5. The van der Waals surface area contributed by atoms with E-state index in [4.69, 9.17) is 19.0 Å². The minimum Gasteiger partial charge on any atom is -0.490 e. The lowest BCUT2D eigenvalue weighted by Crippen LogP contribution is -2.29. The second-order valence-corrected chi connectivity index (χ2v) is 7.03. The van der Waals surface area contributed by atoms with Crippen molar-refractivity contribution in [1.29, 1.82) is 0 Å². The smallest absolute Gasteiger partial charge is 0.343 e. The standard InChI is InChI=1S/C20H26N2O6/c1-13(2)27-17-10-18(24)22-9-8-21(11-14-4-5-15(12-23)28-14)7-6-16(22)19(17)20(25)26-3/h4-5,10,13,23H,6-9,11-12H2,1-3H3. The number of carbonyl (C=O) groups is 1. The maximum Gasteiger partial charge on any atom is 0.343 e. The number of nitrogens with zero attached hydrogens (tertiary/aromatic N) is 2. The number of hydrogen-bond donors (Lipinski definition) is 1. The highest BCUT2D eigenvalue weighted by Crippen LogP contribution is 2.25. The van der Waals surface area contributed by atoms with Crippen molar-refractivity contribution in [3.63, 3.8) is 0 Å². The number of methoxy groups -OCH3 is 1.